The molecule has 1 aromatic carbocycles. The molecule has 2 aromatic rings. The molecule has 0 radical (unpaired) electrons. The quantitative estimate of drug-likeness (QED) is 0.830. The van der Waals surface area contributed by atoms with Crippen LogP contribution in [0.15, 0.2) is 36.7 Å². The van der Waals surface area contributed by atoms with Crippen LogP contribution in [-0.4, -0.2) is 40.4 Å². The molecule has 130 valence electrons. The third-order valence-corrected chi connectivity index (χ3v) is 5.30. The molecule has 3 heterocycles. The topological polar surface area (TPSA) is 49.3 Å². The van der Waals surface area contributed by atoms with Crippen molar-refractivity contribution in [1.29, 1.82) is 0 Å². The average Bonchev–Trinajstić information content (AvgIpc) is 2.68. The number of carbonyl (C=O) groups excluding carboxylic acids is 1. The predicted octanol–water partition coefficient (Wildman–Crippen LogP) is 2.93. The number of carbonyl (C=O) groups is 1. The van der Waals surface area contributed by atoms with Gasteiger partial charge in [-0.1, -0.05) is 35.9 Å². The molecule has 2 aliphatic heterocycles. The second kappa shape index (κ2) is 7.00. The van der Waals surface area contributed by atoms with Crippen LogP contribution in [0.25, 0.3) is 0 Å². The van der Waals surface area contributed by atoms with E-state index in [0.717, 1.165) is 38.9 Å². The van der Waals surface area contributed by atoms with Gasteiger partial charge in [-0.25, -0.2) is 9.97 Å². The van der Waals surface area contributed by atoms with Crippen LogP contribution in [0, 0.1) is 5.92 Å². The molecule has 1 fully saturated rings. The van der Waals surface area contributed by atoms with Gasteiger partial charge in [-0.2, -0.15) is 0 Å². The van der Waals surface area contributed by atoms with Crippen molar-refractivity contribution in [3.8, 4) is 0 Å². The molecule has 0 spiro atoms. The summed E-state index contributed by atoms with van der Waals surface area (Å²) in [6.07, 6.45) is 6.07. The summed E-state index contributed by atoms with van der Waals surface area (Å²) in [5.41, 5.74) is 2.64. The molecule has 1 amide bonds. The lowest BCUT2D eigenvalue weighted by Crippen LogP contribution is -2.46. The first-order valence-electron chi connectivity index (χ1n) is 8.79. The fourth-order valence-electron chi connectivity index (χ4n) is 3.77. The molecule has 2 aliphatic rings. The summed E-state index contributed by atoms with van der Waals surface area (Å²) in [5, 5.41) is 0.528. The van der Waals surface area contributed by atoms with Crippen LogP contribution in [0.1, 0.15) is 24.0 Å². The lowest BCUT2D eigenvalue weighted by molar-refractivity contribution is -0.136. The molecule has 1 unspecified atom stereocenters. The molecule has 0 aliphatic carbocycles. The molecule has 0 N–H and O–H groups in total. The Bertz CT molecular complexity index is 764. The van der Waals surface area contributed by atoms with Gasteiger partial charge in [0.1, 0.15) is 0 Å². The van der Waals surface area contributed by atoms with Gasteiger partial charge in [0.2, 0.25) is 11.9 Å². The predicted molar refractivity (Wildman–Crippen MR) is 97.5 cm³/mol. The van der Waals surface area contributed by atoms with Crippen LogP contribution in [0.4, 0.5) is 5.95 Å². The van der Waals surface area contributed by atoms with E-state index in [2.05, 4.69) is 33.1 Å². The molecule has 4 rings (SSSR count). The first kappa shape index (κ1) is 16.3. The van der Waals surface area contributed by atoms with Gasteiger partial charge in [-0.15, -0.1) is 0 Å². The van der Waals surface area contributed by atoms with Crippen molar-refractivity contribution in [3.05, 3.63) is 52.8 Å². The third kappa shape index (κ3) is 3.47. The van der Waals surface area contributed by atoms with Crippen LogP contribution in [0.5, 0.6) is 0 Å². The summed E-state index contributed by atoms with van der Waals surface area (Å²) in [6, 6.07) is 8.41. The van der Waals surface area contributed by atoms with Gasteiger partial charge in [0, 0.05) is 26.2 Å². The Morgan fingerprint density at radius 1 is 1.12 bits per heavy atom. The monoisotopic (exact) mass is 356 g/mol. The lowest BCUT2D eigenvalue weighted by Gasteiger charge is -2.36. The number of halogens is 1. The Morgan fingerprint density at radius 3 is 2.68 bits per heavy atom. The number of nitrogens with zero attached hydrogens (tertiary/aromatic N) is 4. The van der Waals surface area contributed by atoms with E-state index in [0.29, 0.717) is 17.5 Å². The average molecular weight is 357 g/mol. The number of piperidine rings is 1. The maximum absolute atomic E-state index is 13.0. The maximum Gasteiger partial charge on any atom is 0.227 e. The van der Waals surface area contributed by atoms with Crippen LogP contribution in [-0.2, 0) is 17.8 Å². The standard InChI is InChI=1S/C19H21ClN4O/c20-17-10-21-19(22-11-17)24-8-3-6-16(13-24)18(25)23-9-7-14-4-1-2-5-15(14)12-23/h1-2,4-5,10-11,16H,3,6-9,12-13H2. The van der Waals surface area contributed by atoms with E-state index in [9.17, 15) is 4.79 Å². The summed E-state index contributed by atoms with van der Waals surface area (Å²) < 4.78 is 0. The van der Waals surface area contributed by atoms with Crippen LogP contribution in [0.2, 0.25) is 5.02 Å². The van der Waals surface area contributed by atoms with Crippen LogP contribution in [0.3, 0.4) is 0 Å². The highest BCUT2D eigenvalue weighted by molar-refractivity contribution is 6.30. The molecule has 0 bridgehead atoms. The Hall–Kier alpha value is -2.14. The molecule has 0 saturated carbocycles. The number of amides is 1. The zero-order chi connectivity index (χ0) is 17.2. The fourth-order valence-corrected chi connectivity index (χ4v) is 3.87. The van der Waals surface area contributed by atoms with Gasteiger partial charge >= 0.3 is 0 Å². The third-order valence-electron chi connectivity index (χ3n) is 5.10. The van der Waals surface area contributed by atoms with Gasteiger partial charge < -0.3 is 9.80 Å². The SMILES string of the molecule is O=C(C1CCCN(c2ncc(Cl)cn2)C1)N1CCc2ccccc2C1. The summed E-state index contributed by atoms with van der Waals surface area (Å²) in [5.74, 6) is 0.928. The minimum absolute atomic E-state index is 0.0123. The van der Waals surface area contributed by atoms with Crippen molar-refractivity contribution in [2.75, 3.05) is 24.5 Å². The number of benzene rings is 1. The molecule has 1 aromatic heterocycles. The minimum Gasteiger partial charge on any atom is -0.340 e. The first-order chi connectivity index (χ1) is 12.2. The van der Waals surface area contributed by atoms with Crippen molar-refractivity contribution in [2.45, 2.75) is 25.8 Å². The highest BCUT2D eigenvalue weighted by atomic mass is 35.5. The number of hydrogen-bond donors (Lipinski definition) is 0. The number of anilines is 1. The molecule has 1 atom stereocenters. The zero-order valence-electron chi connectivity index (χ0n) is 14.1. The summed E-state index contributed by atoms with van der Waals surface area (Å²) in [7, 11) is 0. The Balaban J connectivity index is 1.44. The Morgan fingerprint density at radius 2 is 1.88 bits per heavy atom. The summed E-state index contributed by atoms with van der Waals surface area (Å²) >= 11 is 5.87. The van der Waals surface area contributed by atoms with E-state index in [4.69, 9.17) is 11.6 Å². The molecule has 25 heavy (non-hydrogen) atoms. The molecule has 5 nitrogen and oxygen atoms in total. The van der Waals surface area contributed by atoms with Gasteiger partial charge in [0.15, 0.2) is 0 Å². The highest BCUT2D eigenvalue weighted by Gasteiger charge is 2.31. The van der Waals surface area contributed by atoms with Gasteiger partial charge in [-0.3, -0.25) is 4.79 Å². The van der Waals surface area contributed by atoms with Gasteiger partial charge in [0.05, 0.1) is 23.3 Å². The van der Waals surface area contributed by atoms with Crippen LogP contribution >= 0.6 is 11.6 Å². The van der Waals surface area contributed by atoms with E-state index in [-0.39, 0.29) is 11.8 Å². The van der Waals surface area contributed by atoms with E-state index in [1.54, 1.807) is 12.4 Å². The molecule has 6 heteroatoms. The lowest BCUT2D eigenvalue weighted by atomic mass is 9.94. The van der Waals surface area contributed by atoms with Crippen molar-refractivity contribution < 1.29 is 4.79 Å². The normalized spacial score (nSPS) is 20.3. The summed E-state index contributed by atoms with van der Waals surface area (Å²) in [6.45, 7) is 3.10. The van der Waals surface area contributed by atoms with Gasteiger partial charge in [-0.05, 0) is 30.4 Å². The van der Waals surface area contributed by atoms with Crippen LogP contribution < -0.4 is 4.90 Å². The largest absolute Gasteiger partial charge is 0.340 e. The van der Waals surface area contributed by atoms with Crippen molar-refractivity contribution >= 4 is 23.5 Å². The molecular formula is C19H21ClN4O. The van der Waals surface area contributed by atoms with Crippen molar-refractivity contribution in [3.63, 3.8) is 0 Å². The zero-order valence-corrected chi connectivity index (χ0v) is 14.8. The Kier molecular flexibility index (Phi) is 4.57. The van der Waals surface area contributed by atoms with Gasteiger partial charge in [0.25, 0.3) is 0 Å². The second-order valence-electron chi connectivity index (χ2n) is 6.76. The van der Waals surface area contributed by atoms with E-state index in [1.807, 2.05) is 11.0 Å². The first-order valence-corrected chi connectivity index (χ1v) is 9.16. The summed E-state index contributed by atoms with van der Waals surface area (Å²) in [4.78, 5) is 25.7. The maximum atomic E-state index is 13.0. The van der Waals surface area contributed by atoms with Crippen molar-refractivity contribution in [1.82, 2.24) is 14.9 Å². The van der Waals surface area contributed by atoms with E-state index >= 15 is 0 Å². The molecular weight excluding hydrogens is 336 g/mol. The number of aromatic nitrogens is 2. The number of rotatable bonds is 2. The number of hydrogen-bond acceptors (Lipinski definition) is 4. The highest BCUT2D eigenvalue weighted by Crippen LogP contribution is 2.25. The Labute approximate surface area is 152 Å². The van der Waals surface area contributed by atoms with Crippen molar-refractivity contribution in [2.24, 2.45) is 5.92 Å². The smallest absolute Gasteiger partial charge is 0.227 e. The van der Waals surface area contributed by atoms with E-state index < -0.39 is 0 Å². The fraction of sp³-hybridized carbons (Fsp3) is 0.421. The number of fused-ring (bicyclic) bond motifs is 1. The second-order valence-corrected chi connectivity index (χ2v) is 7.20. The van der Waals surface area contributed by atoms with E-state index in [1.165, 1.54) is 11.1 Å². The minimum atomic E-state index is 0.0123. The molecule has 1 saturated heterocycles.